The number of piperidine rings is 1. The molecule has 7 heteroatoms. The van der Waals surface area contributed by atoms with E-state index in [0.717, 1.165) is 6.42 Å². The van der Waals surface area contributed by atoms with Crippen LogP contribution in [0.2, 0.25) is 5.02 Å². The van der Waals surface area contributed by atoms with Crippen molar-refractivity contribution in [2.75, 3.05) is 32.8 Å². The second kappa shape index (κ2) is 9.73. The van der Waals surface area contributed by atoms with Gasteiger partial charge in [-0.15, -0.1) is 0 Å². The average molecular weight is 371 g/mol. The number of nitrogens with one attached hydrogen (secondary N) is 1. The smallest absolute Gasteiger partial charge is 0.258 e. The van der Waals surface area contributed by atoms with Gasteiger partial charge in [-0.05, 0) is 38.3 Å². The second-order valence-electron chi connectivity index (χ2n) is 6.00. The van der Waals surface area contributed by atoms with E-state index in [1.807, 2.05) is 6.92 Å². The Morgan fingerprint density at radius 3 is 2.72 bits per heavy atom. The van der Waals surface area contributed by atoms with Gasteiger partial charge in [-0.3, -0.25) is 9.59 Å². The van der Waals surface area contributed by atoms with Gasteiger partial charge in [0, 0.05) is 38.8 Å². The molecular formula is C18H24ClFN2O3. The van der Waals surface area contributed by atoms with Gasteiger partial charge in [-0.25, -0.2) is 4.39 Å². The molecule has 1 fully saturated rings. The summed E-state index contributed by atoms with van der Waals surface area (Å²) in [5, 5.41) is 3.01. The van der Waals surface area contributed by atoms with Gasteiger partial charge in [0.1, 0.15) is 5.82 Å². The van der Waals surface area contributed by atoms with Gasteiger partial charge in [0.15, 0.2) is 0 Å². The maximum absolute atomic E-state index is 13.9. The summed E-state index contributed by atoms with van der Waals surface area (Å²) in [5.41, 5.74) is -0.0945. The standard InChI is InChI=1S/C18H24ClFN2O3/c1-2-25-12-4-9-21-17(23)13-7-10-22(11-8-13)18(24)16-14(19)5-3-6-15(16)20/h3,5-6,13H,2,4,7-12H2,1H3,(H,21,23). The Bertz CT molecular complexity index is 584. The minimum atomic E-state index is -0.619. The van der Waals surface area contributed by atoms with E-state index in [4.69, 9.17) is 16.3 Å². The van der Waals surface area contributed by atoms with Crippen LogP contribution in [-0.4, -0.2) is 49.6 Å². The molecule has 0 unspecified atom stereocenters. The van der Waals surface area contributed by atoms with Crippen molar-refractivity contribution in [2.45, 2.75) is 26.2 Å². The van der Waals surface area contributed by atoms with Crippen LogP contribution in [-0.2, 0) is 9.53 Å². The Balaban J connectivity index is 1.81. The molecule has 138 valence electrons. The molecule has 0 atom stereocenters. The van der Waals surface area contributed by atoms with Crippen LogP contribution in [0.3, 0.4) is 0 Å². The third kappa shape index (κ3) is 5.41. The molecule has 0 aromatic heterocycles. The Hall–Kier alpha value is -1.66. The van der Waals surface area contributed by atoms with E-state index in [2.05, 4.69) is 5.32 Å². The lowest BCUT2D eigenvalue weighted by atomic mass is 9.95. The van der Waals surface area contributed by atoms with Crippen molar-refractivity contribution in [1.29, 1.82) is 0 Å². The SMILES string of the molecule is CCOCCCNC(=O)C1CCN(C(=O)c2c(F)cccc2Cl)CC1. The summed E-state index contributed by atoms with van der Waals surface area (Å²) in [6.07, 6.45) is 1.91. The molecule has 2 rings (SSSR count). The van der Waals surface area contributed by atoms with Gasteiger partial charge in [-0.2, -0.15) is 0 Å². The number of carbonyl (C=O) groups is 2. The van der Waals surface area contributed by atoms with Crippen LogP contribution in [0, 0.1) is 11.7 Å². The fourth-order valence-corrected chi connectivity index (χ4v) is 3.12. The Labute approximate surface area is 152 Å². The molecule has 0 bridgehead atoms. The number of benzene rings is 1. The zero-order chi connectivity index (χ0) is 18.2. The Morgan fingerprint density at radius 1 is 1.36 bits per heavy atom. The highest BCUT2D eigenvalue weighted by Gasteiger charge is 2.29. The van der Waals surface area contributed by atoms with Gasteiger partial charge in [-0.1, -0.05) is 17.7 Å². The van der Waals surface area contributed by atoms with E-state index in [0.29, 0.717) is 45.7 Å². The topological polar surface area (TPSA) is 58.6 Å². The van der Waals surface area contributed by atoms with Crippen molar-refractivity contribution in [2.24, 2.45) is 5.92 Å². The number of hydrogen-bond donors (Lipinski definition) is 1. The first kappa shape index (κ1) is 19.7. The molecule has 1 aromatic rings. The van der Waals surface area contributed by atoms with Crippen molar-refractivity contribution in [1.82, 2.24) is 10.2 Å². The molecule has 0 radical (unpaired) electrons. The lowest BCUT2D eigenvalue weighted by Crippen LogP contribution is -2.43. The first-order chi connectivity index (χ1) is 12.0. The molecule has 1 heterocycles. The fraction of sp³-hybridized carbons (Fsp3) is 0.556. The molecule has 25 heavy (non-hydrogen) atoms. The molecule has 1 N–H and O–H groups in total. The van der Waals surface area contributed by atoms with Crippen molar-refractivity contribution in [3.8, 4) is 0 Å². The minimum absolute atomic E-state index is 0.00696. The summed E-state index contributed by atoms with van der Waals surface area (Å²) in [6.45, 7) is 4.66. The summed E-state index contributed by atoms with van der Waals surface area (Å²) in [4.78, 5) is 26.2. The molecule has 0 saturated carbocycles. The number of carbonyl (C=O) groups excluding carboxylic acids is 2. The highest BCUT2D eigenvalue weighted by molar-refractivity contribution is 6.33. The molecule has 1 aromatic carbocycles. The zero-order valence-electron chi connectivity index (χ0n) is 14.4. The highest BCUT2D eigenvalue weighted by atomic mass is 35.5. The van der Waals surface area contributed by atoms with Gasteiger partial charge in [0.25, 0.3) is 5.91 Å². The molecule has 0 aliphatic carbocycles. The van der Waals surface area contributed by atoms with Crippen molar-refractivity contribution >= 4 is 23.4 Å². The number of halogens is 2. The van der Waals surface area contributed by atoms with Gasteiger partial charge in [0.2, 0.25) is 5.91 Å². The summed E-state index contributed by atoms with van der Waals surface area (Å²) in [6, 6.07) is 4.19. The quantitative estimate of drug-likeness (QED) is 0.751. The number of ether oxygens (including phenoxy) is 1. The molecule has 1 aliphatic heterocycles. The first-order valence-corrected chi connectivity index (χ1v) is 9.01. The predicted molar refractivity (Wildman–Crippen MR) is 94.2 cm³/mol. The summed E-state index contributed by atoms with van der Waals surface area (Å²) in [7, 11) is 0. The third-order valence-corrected chi connectivity index (χ3v) is 4.61. The number of amides is 2. The number of hydrogen-bond acceptors (Lipinski definition) is 3. The van der Waals surface area contributed by atoms with Crippen LogP contribution in [0.15, 0.2) is 18.2 Å². The number of likely N-dealkylation sites (tertiary alicyclic amines) is 1. The van der Waals surface area contributed by atoms with Gasteiger partial charge < -0.3 is 15.0 Å². The van der Waals surface area contributed by atoms with Crippen LogP contribution in [0.4, 0.5) is 4.39 Å². The van der Waals surface area contributed by atoms with E-state index in [-0.39, 0.29) is 22.4 Å². The maximum atomic E-state index is 13.9. The van der Waals surface area contributed by atoms with Crippen LogP contribution in [0.25, 0.3) is 0 Å². The predicted octanol–water partition coefficient (Wildman–Crippen LogP) is 2.87. The van der Waals surface area contributed by atoms with Crippen molar-refractivity contribution in [3.05, 3.63) is 34.6 Å². The zero-order valence-corrected chi connectivity index (χ0v) is 15.2. The normalized spacial score (nSPS) is 15.2. The van der Waals surface area contributed by atoms with Crippen LogP contribution in [0.1, 0.15) is 36.5 Å². The second-order valence-corrected chi connectivity index (χ2v) is 6.41. The lowest BCUT2D eigenvalue weighted by Gasteiger charge is -2.31. The van der Waals surface area contributed by atoms with E-state index in [1.165, 1.54) is 18.2 Å². The molecule has 1 saturated heterocycles. The van der Waals surface area contributed by atoms with Crippen LogP contribution in [0.5, 0.6) is 0 Å². The van der Waals surface area contributed by atoms with Gasteiger partial charge in [0.05, 0.1) is 10.6 Å². The molecule has 0 spiro atoms. The Morgan fingerprint density at radius 2 is 2.08 bits per heavy atom. The van der Waals surface area contributed by atoms with E-state index >= 15 is 0 Å². The number of nitrogens with zero attached hydrogens (tertiary/aromatic N) is 1. The third-order valence-electron chi connectivity index (χ3n) is 4.30. The summed E-state index contributed by atoms with van der Waals surface area (Å²) >= 11 is 5.95. The van der Waals surface area contributed by atoms with Crippen LogP contribution < -0.4 is 5.32 Å². The van der Waals surface area contributed by atoms with Gasteiger partial charge >= 0.3 is 0 Å². The fourth-order valence-electron chi connectivity index (χ4n) is 2.88. The average Bonchev–Trinajstić information content (AvgIpc) is 2.61. The van der Waals surface area contributed by atoms with E-state index in [9.17, 15) is 14.0 Å². The molecular weight excluding hydrogens is 347 g/mol. The van der Waals surface area contributed by atoms with Crippen LogP contribution >= 0.6 is 11.6 Å². The van der Waals surface area contributed by atoms with E-state index in [1.54, 1.807) is 4.90 Å². The first-order valence-electron chi connectivity index (χ1n) is 8.63. The molecule has 5 nitrogen and oxygen atoms in total. The van der Waals surface area contributed by atoms with Crippen molar-refractivity contribution < 1.29 is 18.7 Å². The van der Waals surface area contributed by atoms with Crippen molar-refractivity contribution in [3.63, 3.8) is 0 Å². The minimum Gasteiger partial charge on any atom is -0.382 e. The molecule has 1 aliphatic rings. The lowest BCUT2D eigenvalue weighted by molar-refractivity contribution is -0.126. The summed E-state index contributed by atoms with van der Waals surface area (Å²) in [5.74, 6) is -1.15. The maximum Gasteiger partial charge on any atom is 0.258 e. The summed E-state index contributed by atoms with van der Waals surface area (Å²) < 4.78 is 19.1. The largest absolute Gasteiger partial charge is 0.382 e. The highest BCUT2D eigenvalue weighted by Crippen LogP contribution is 2.24. The Kier molecular flexibility index (Phi) is 7.65. The molecule has 2 amide bonds. The van der Waals surface area contributed by atoms with E-state index < -0.39 is 11.7 Å². The number of rotatable bonds is 7. The monoisotopic (exact) mass is 370 g/mol.